The minimum atomic E-state index is -0.168. The summed E-state index contributed by atoms with van der Waals surface area (Å²) in [6, 6.07) is 18.9. The molecule has 0 aliphatic carbocycles. The molecule has 0 bridgehead atoms. The third-order valence-electron chi connectivity index (χ3n) is 5.71. The lowest BCUT2D eigenvalue weighted by Crippen LogP contribution is -2.42. The van der Waals surface area contributed by atoms with E-state index in [2.05, 4.69) is 4.98 Å². The molecule has 4 aromatic rings. The van der Waals surface area contributed by atoms with Gasteiger partial charge in [-0.15, -0.1) is 0 Å². The fourth-order valence-corrected chi connectivity index (χ4v) is 4.12. The SMILES string of the molecule is Cc1ccc2nc(COc3cccc(C(=O)N4CCOC(c5ccc(Cl)cc5)C4)c3)cn2c1. The highest BCUT2D eigenvalue weighted by molar-refractivity contribution is 6.30. The minimum absolute atomic E-state index is 0.0362. The maximum absolute atomic E-state index is 13.2. The van der Waals surface area contributed by atoms with Crippen LogP contribution in [0.5, 0.6) is 5.75 Å². The first kappa shape index (κ1) is 21.5. The Labute approximate surface area is 197 Å². The van der Waals surface area contributed by atoms with Crippen LogP contribution in [-0.4, -0.2) is 39.9 Å². The Morgan fingerprint density at radius 2 is 2.00 bits per heavy atom. The molecule has 1 saturated heterocycles. The van der Waals surface area contributed by atoms with E-state index in [4.69, 9.17) is 21.1 Å². The molecule has 2 aromatic carbocycles. The molecule has 2 aromatic heterocycles. The van der Waals surface area contributed by atoms with Crippen LogP contribution in [0.15, 0.2) is 73.1 Å². The van der Waals surface area contributed by atoms with Crippen LogP contribution in [-0.2, 0) is 11.3 Å². The molecule has 3 heterocycles. The molecule has 0 N–H and O–H groups in total. The summed E-state index contributed by atoms with van der Waals surface area (Å²) in [5.74, 6) is 0.600. The van der Waals surface area contributed by atoms with Crippen molar-refractivity contribution < 1.29 is 14.3 Å². The van der Waals surface area contributed by atoms with Crippen molar-refractivity contribution in [3.05, 3.63) is 100 Å². The maximum atomic E-state index is 13.2. The largest absolute Gasteiger partial charge is 0.487 e. The number of carbonyl (C=O) groups is 1. The number of pyridine rings is 1. The molecule has 1 fully saturated rings. The van der Waals surface area contributed by atoms with Gasteiger partial charge in [0.05, 0.1) is 18.8 Å². The van der Waals surface area contributed by atoms with Crippen LogP contribution in [0.2, 0.25) is 5.02 Å². The zero-order chi connectivity index (χ0) is 22.8. The van der Waals surface area contributed by atoms with Crippen molar-refractivity contribution in [1.29, 1.82) is 0 Å². The van der Waals surface area contributed by atoms with Gasteiger partial charge in [-0.25, -0.2) is 4.98 Å². The summed E-state index contributed by atoms with van der Waals surface area (Å²) in [6.07, 6.45) is 3.82. The number of imidazole rings is 1. The van der Waals surface area contributed by atoms with E-state index >= 15 is 0 Å². The van der Waals surface area contributed by atoms with Gasteiger partial charge in [0.1, 0.15) is 24.1 Å². The molecular formula is C26H24ClN3O3. The molecule has 1 aliphatic heterocycles. The van der Waals surface area contributed by atoms with E-state index in [1.807, 2.05) is 83.2 Å². The average molecular weight is 462 g/mol. The van der Waals surface area contributed by atoms with Crippen LogP contribution < -0.4 is 4.74 Å². The van der Waals surface area contributed by atoms with Crippen molar-refractivity contribution in [2.45, 2.75) is 19.6 Å². The highest BCUT2D eigenvalue weighted by Gasteiger charge is 2.26. The Bertz CT molecular complexity index is 1290. The van der Waals surface area contributed by atoms with Gasteiger partial charge < -0.3 is 18.8 Å². The van der Waals surface area contributed by atoms with Gasteiger partial charge in [-0.2, -0.15) is 0 Å². The monoisotopic (exact) mass is 461 g/mol. The third-order valence-corrected chi connectivity index (χ3v) is 5.96. The first-order valence-corrected chi connectivity index (χ1v) is 11.3. The van der Waals surface area contributed by atoms with E-state index in [1.165, 1.54) is 5.56 Å². The molecule has 6 nitrogen and oxygen atoms in total. The Kier molecular flexibility index (Phi) is 6.03. The minimum Gasteiger partial charge on any atom is -0.487 e. The van der Waals surface area contributed by atoms with Crippen molar-refractivity contribution in [1.82, 2.24) is 14.3 Å². The smallest absolute Gasteiger partial charge is 0.254 e. The molecule has 168 valence electrons. The van der Waals surface area contributed by atoms with Crippen molar-refractivity contribution in [2.75, 3.05) is 19.7 Å². The predicted molar refractivity (Wildman–Crippen MR) is 127 cm³/mol. The van der Waals surface area contributed by atoms with E-state index in [-0.39, 0.29) is 12.0 Å². The first-order chi connectivity index (χ1) is 16.0. The summed E-state index contributed by atoms with van der Waals surface area (Å²) in [5, 5.41) is 0.679. The van der Waals surface area contributed by atoms with Crippen molar-refractivity contribution in [3.8, 4) is 5.75 Å². The second kappa shape index (κ2) is 9.25. The topological polar surface area (TPSA) is 56.1 Å². The fraction of sp³-hybridized carbons (Fsp3) is 0.231. The van der Waals surface area contributed by atoms with Crippen LogP contribution in [0.25, 0.3) is 5.65 Å². The number of aromatic nitrogens is 2. The molecule has 0 spiro atoms. The van der Waals surface area contributed by atoms with Crippen LogP contribution in [0.4, 0.5) is 0 Å². The summed E-state index contributed by atoms with van der Waals surface area (Å²) in [5.41, 5.74) is 4.48. The standard InChI is InChI=1S/C26H24ClN3O3/c1-18-5-10-25-28-22(15-30(25)14-18)17-33-23-4-2-3-20(13-23)26(31)29-11-12-32-24(16-29)19-6-8-21(27)9-7-19/h2-10,13-15,24H,11-12,16-17H2,1H3. The number of aryl methyl sites for hydroxylation is 1. The van der Waals surface area contributed by atoms with Crippen LogP contribution in [0.3, 0.4) is 0 Å². The lowest BCUT2D eigenvalue weighted by molar-refractivity contribution is -0.0228. The average Bonchev–Trinajstić information content (AvgIpc) is 3.25. The number of rotatable bonds is 5. The second-order valence-corrected chi connectivity index (χ2v) is 8.62. The number of hydrogen-bond donors (Lipinski definition) is 0. The van der Waals surface area contributed by atoms with Gasteiger partial charge in [0.2, 0.25) is 0 Å². The highest BCUT2D eigenvalue weighted by atomic mass is 35.5. The Balaban J connectivity index is 1.25. The Morgan fingerprint density at radius 3 is 2.85 bits per heavy atom. The van der Waals surface area contributed by atoms with E-state index in [1.54, 1.807) is 6.07 Å². The molecule has 1 aliphatic rings. The van der Waals surface area contributed by atoms with Gasteiger partial charge in [-0.05, 0) is 54.4 Å². The summed E-state index contributed by atoms with van der Waals surface area (Å²) in [4.78, 5) is 19.6. The lowest BCUT2D eigenvalue weighted by Gasteiger charge is -2.33. The molecule has 0 saturated carbocycles. The normalized spacial score (nSPS) is 16.2. The van der Waals surface area contributed by atoms with E-state index in [0.29, 0.717) is 42.6 Å². The van der Waals surface area contributed by atoms with Crippen LogP contribution >= 0.6 is 11.6 Å². The van der Waals surface area contributed by atoms with Gasteiger partial charge in [0.25, 0.3) is 5.91 Å². The molecule has 7 heteroatoms. The number of amides is 1. The zero-order valence-corrected chi connectivity index (χ0v) is 19.0. The Morgan fingerprint density at radius 1 is 1.15 bits per heavy atom. The van der Waals surface area contributed by atoms with E-state index < -0.39 is 0 Å². The summed E-state index contributed by atoms with van der Waals surface area (Å²) < 4.78 is 13.8. The van der Waals surface area contributed by atoms with Gasteiger partial charge in [-0.3, -0.25) is 4.79 Å². The number of benzene rings is 2. The van der Waals surface area contributed by atoms with Crippen molar-refractivity contribution >= 4 is 23.2 Å². The number of nitrogens with zero attached hydrogens (tertiary/aromatic N) is 3. The third kappa shape index (κ3) is 4.87. The fourth-order valence-electron chi connectivity index (χ4n) is 4.00. The number of carbonyl (C=O) groups excluding carboxylic acids is 1. The van der Waals surface area contributed by atoms with Crippen LogP contribution in [0, 0.1) is 6.92 Å². The summed E-state index contributed by atoms with van der Waals surface area (Å²) in [6.45, 7) is 3.91. The molecular weight excluding hydrogens is 438 g/mol. The molecule has 1 atom stereocenters. The molecule has 0 radical (unpaired) electrons. The van der Waals surface area contributed by atoms with Crippen LogP contribution in [0.1, 0.15) is 33.3 Å². The second-order valence-electron chi connectivity index (χ2n) is 8.18. The lowest BCUT2D eigenvalue weighted by atomic mass is 10.1. The number of halogens is 1. The van der Waals surface area contributed by atoms with Gasteiger partial charge in [-0.1, -0.05) is 35.9 Å². The first-order valence-electron chi connectivity index (χ1n) is 10.9. The predicted octanol–water partition coefficient (Wildman–Crippen LogP) is 5.09. The number of ether oxygens (including phenoxy) is 2. The number of morpholine rings is 1. The van der Waals surface area contributed by atoms with Crippen molar-refractivity contribution in [2.24, 2.45) is 0 Å². The van der Waals surface area contributed by atoms with E-state index in [9.17, 15) is 4.79 Å². The number of fused-ring (bicyclic) bond motifs is 1. The number of hydrogen-bond acceptors (Lipinski definition) is 4. The van der Waals surface area contributed by atoms with E-state index in [0.717, 1.165) is 16.9 Å². The zero-order valence-electron chi connectivity index (χ0n) is 18.3. The molecule has 33 heavy (non-hydrogen) atoms. The van der Waals surface area contributed by atoms with Crippen molar-refractivity contribution in [3.63, 3.8) is 0 Å². The molecule has 5 rings (SSSR count). The van der Waals surface area contributed by atoms with Gasteiger partial charge in [0.15, 0.2) is 0 Å². The quantitative estimate of drug-likeness (QED) is 0.415. The van der Waals surface area contributed by atoms with Gasteiger partial charge in [0, 0.05) is 29.5 Å². The van der Waals surface area contributed by atoms with Gasteiger partial charge >= 0.3 is 0 Å². The highest BCUT2D eigenvalue weighted by Crippen LogP contribution is 2.25. The Hall–Kier alpha value is -3.35. The molecule has 1 unspecified atom stereocenters. The summed E-state index contributed by atoms with van der Waals surface area (Å²) in [7, 11) is 0. The maximum Gasteiger partial charge on any atom is 0.254 e. The summed E-state index contributed by atoms with van der Waals surface area (Å²) >= 11 is 5.99. The molecule has 1 amide bonds.